The van der Waals surface area contributed by atoms with Crippen LogP contribution in [0.25, 0.3) is 0 Å². The van der Waals surface area contributed by atoms with Gasteiger partial charge in [-0.05, 0) is 12.8 Å². The summed E-state index contributed by atoms with van der Waals surface area (Å²) in [5.74, 6) is 4.87. The largest absolute Gasteiger partial charge is 0.394 e. The molecule has 0 radical (unpaired) electrons. The summed E-state index contributed by atoms with van der Waals surface area (Å²) in [7, 11) is 1.42. The van der Waals surface area contributed by atoms with Gasteiger partial charge in [0.1, 0.15) is 25.0 Å². The maximum atomic E-state index is 9.94. The van der Waals surface area contributed by atoms with Gasteiger partial charge in [0, 0.05) is 26.5 Å². The molecule has 0 aliphatic rings. The van der Waals surface area contributed by atoms with Crippen molar-refractivity contribution in [2.24, 2.45) is 10.5 Å². The Balaban J connectivity index is 4.88. The molecule has 4 N–H and O–H groups in total. The third-order valence-corrected chi connectivity index (χ3v) is 4.51. The number of ether oxygens (including phenoxy) is 5. The van der Waals surface area contributed by atoms with Crippen molar-refractivity contribution in [3.05, 3.63) is 11.9 Å². The second-order valence-electron chi connectivity index (χ2n) is 7.45. The van der Waals surface area contributed by atoms with Gasteiger partial charge in [-0.25, -0.2) is 5.53 Å². The Hall–Kier alpha value is -2.02. The third kappa shape index (κ3) is 14.7. The first-order chi connectivity index (χ1) is 16.0. The predicted octanol–water partition coefficient (Wildman–Crippen LogP) is 0.936. The van der Waals surface area contributed by atoms with E-state index in [2.05, 4.69) is 22.3 Å². The Morgan fingerprint density at radius 1 is 1.12 bits per heavy atom. The van der Waals surface area contributed by atoms with Crippen molar-refractivity contribution >= 4 is 0 Å². The van der Waals surface area contributed by atoms with Crippen LogP contribution < -0.4 is 5.32 Å². The summed E-state index contributed by atoms with van der Waals surface area (Å²) in [6.45, 7) is 4.13. The fourth-order valence-electron chi connectivity index (χ4n) is 2.77. The summed E-state index contributed by atoms with van der Waals surface area (Å²) < 4.78 is 27.7. The van der Waals surface area contributed by atoms with Crippen molar-refractivity contribution in [2.45, 2.75) is 32.0 Å². The van der Waals surface area contributed by atoms with E-state index in [9.17, 15) is 5.11 Å². The van der Waals surface area contributed by atoms with Crippen molar-refractivity contribution < 1.29 is 33.9 Å². The lowest BCUT2D eigenvalue weighted by atomic mass is 9.92. The van der Waals surface area contributed by atoms with Gasteiger partial charge in [0.2, 0.25) is 0 Å². The second-order valence-corrected chi connectivity index (χ2v) is 7.45. The molecule has 0 aromatic heterocycles. The first kappa shape index (κ1) is 31.0. The molecule has 2 atom stereocenters. The van der Waals surface area contributed by atoms with Gasteiger partial charge in [-0.3, -0.25) is 0 Å². The number of rotatable bonds is 22. The zero-order chi connectivity index (χ0) is 24.8. The van der Waals surface area contributed by atoms with Crippen LogP contribution in [-0.2, 0) is 23.7 Å². The smallest absolute Gasteiger partial charge is 0.107 e. The third-order valence-electron chi connectivity index (χ3n) is 4.51. The standard InChI is InChI=1S/C23H39N3O7/c1-5-10-30-16-23(17-31-11-6-2,18-32-12-7-3)19-33-15-20(26-24)13-25-9-8-21(28)22(14-27)29-4/h1-2,13,21-22,24-25,27-28H,7-12,14-19H2,3-4H3/b20-13-,26-24?. The molecule has 0 amide bonds. The van der Waals surface area contributed by atoms with E-state index in [1.807, 2.05) is 6.92 Å². The summed E-state index contributed by atoms with van der Waals surface area (Å²) in [5.41, 5.74) is 7.09. The molecular formula is C23H39N3O7. The second kappa shape index (κ2) is 20.6. The van der Waals surface area contributed by atoms with Crippen molar-refractivity contribution in [2.75, 3.05) is 73.1 Å². The monoisotopic (exact) mass is 469 g/mol. The quantitative estimate of drug-likeness (QED) is 0.105. The number of aliphatic hydroxyl groups is 2. The molecule has 0 spiro atoms. The highest BCUT2D eigenvalue weighted by Crippen LogP contribution is 2.21. The van der Waals surface area contributed by atoms with Crippen LogP contribution in [0.4, 0.5) is 0 Å². The minimum Gasteiger partial charge on any atom is -0.394 e. The van der Waals surface area contributed by atoms with E-state index in [0.29, 0.717) is 31.9 Å². The van der Waals surface area contributed by atoms with Gasteiger partial charge in [-0.1, -0.05) is 18.8 Å². The van der Waals surface area contributed by atoms with E-state index in [-0.39, 0.29) is 46.2 Å². The Morgan fingerprint density at radius 3 is 2.24 bits per heavy atom. The molecular weight excluding hydrogens is 430 g/mol. The van der Waals surface area contributed by atoms with Crippen molar-refractivity contribution in [3.8, 4) is 24.7 Å². The average molecular weight is 470 g/mol. The number of terminal acetylenes is 2. The fraction of sp³-hybridized carbons (Fsp3) is 0.739. The Morgan fingerprint density at radius 2 is 1.73 bits per heavy atom. The Bertz CT molecular complexity index is 592. The van der Waals surface area contributed by atoms with Crippen LogP contribution in [0, 0.1) is 35.6 Å². The highest BCUT2D eigenvalue weighted by atomic mass is 16.5. The number of hydrogen-bond donors (Lipinski definition) is 4. The molecule has 0 bridgehead atoms. The molecule has 0 saturated carbocycles. The minimum atomic E-state index is -0.816. The lowest BCUT2D eigenvalue weighted by Gasteiger charge is -2.32. The lowest BCUT2D eigenvalue weighted by Crippen LogP contribution is -2.42. The first-order valence-corrected chi connectivity index (χ1v) is 10.8. The number of aliphatic hydroxyl groups excluding tert-OH is 2. The molecule has 0 rings (SSSR count). The Labute approximate surface area is 197 Å². The number of nitrogens with zero attached hydrogens (tertiary/aromatic N) is 1. The van der Waals surface area contributed by atoms with E-state index in [1.54, 1.807) is 6.20 Å². The number of nitrogens with one attached hydrogen (secondary N) is 2. The van der Waals surface area contributed by atoms with Crippen molar-refractivity contribution in [3.63, 3.8) is 0 Å². The molecule has 0 aliphatic carbocycles. The predicted molar refractivity (Wildman–Crippen MR) is 123 cm³/mol. The SMILES string of the molecule is C#CCOCC(COCC#C)(COCCC)COC/C(=C/NCCC(O)C(CO)OC)N=N. The van der Waals surface area contributed by atoms with Gasteiger partial charge in [0.05, 0.1) is 51.2 Å². The molecule has 0 fully saturated rings. The van der Waals surface area contributed by atoms with Crippen LogP contribution in [0.2, 0.25) is 0 Å². The van der Waals surface area contributed by atoms with E-state index >= 15 is 0 Å². The maximum Gasteiger partial charge on any atom is 0.107 e. The number of hydrogen-bond acceptors (Lipinski definition) is 10. The van der Waals surface area contributed by atoms with E-state index in [1.165, 1.54) is 7.11 Å². The molecule has 0 aromatic rings. The molecule has 188 valence electrons. The van der Waals surface area contributed by atoms with Crippen LogP contribution >= 0.6 is 0 Å². The van der Waals surface area contributed by atoms with Gasteiger partial charge in [-0.2, -0.15) is 5.11 Å². The average Bonchev–Trinajstić information content (AvgIpc) is 2.82. The lowest BCUT2D eigenvalue weighted by molar-refractivity contribution is -0.0971. The molecule has 10 heteroatoms. The van der Waals surface area contributed by atoms with Crippen LogP contribution in [0.15, 0.2) is 17.0 Å². The minimum absolute atomic E-state index is 0.0657. The van der Waals surface area contributed by atoms with Crippen LogP contribution in [0.1, 0.15) is 19.8 Å². The summed E-state index contributed by atoms with van der Waals surface area (Å²) in [6, 6.07) is 0. The van der Waals surface area contributed by atoms with Gasteiger partial charge in [-0.15, -0.1) is 12.8 Å². The molecule has 2 unspecified atom stereocenters. The van der Waals surface area contributed by atoms with Crippen LogP contribution in [0.5, 0.6) is 0 Å². The highest BCUT2D eigenvalue weighted by Gasteiger charge is 2.32. The van der Waals surface area contributed by atoms with Crippen molar-refractivity contribution in [1.29, 1.82) is 5.53 Å². The molecule has 33 heavy (non-hydrogen) atoms. The van der Waals surface area contributed by atoms with Gasteiger partial charge in [0.25, 0.3) is 0 Å². The molecule has 0 saturated heterocycles. The van der Waals surface area contributed by atoms with E-state index < -0.39 is 17.6 Å². The van der Waals surface area contributed by atoms with Gasteiger partial charge in [0.15, 0.2) is 0 Å². The molecule has 0 aliphatic heterocycles. The van der Waals surface area contributed by atoms with Gasteiger partial charge < -0.3 is 39.2 Å². The zero-order valence-electron chi connectivity index (χ0n) is 19.8. The van der Waals surface area contributed by atoms with E-state index in [0.717, 1.165) is 6.42 Å². The van der Waals surface area contributed by atoms with E-state index in [4.69, 9.17) is 47.2 Å². The first-order valence-electron chi connectivity index (χ1n) is 10.8. The molecule has 0 aromatic carbocycles. The summed E-state index contributed by atoms with van der Waals surface area (Å²) in [6.07, 6.45) is 11.9. The molecule has 0 heterocycles. The van der Waals surface area contributed by atoms with Crippen LogP contribution in [0.3, 0.4) is 0 Å². The summed E-state index contributed by atoms with van der Waals surface area (Å²) in [4.78, 5) is 0. The van der Waals surface area contributed by atoms with Crippen LogP contribution in [-0.4, -0.2) is 95.5 Å². The summed E-state index contributed by atoms with van der Waals surface area (Å²) in [5, 5.41) is 25.5. The fourth-order valence-corrected chi connectivity index (χ4v) is 2.77. The van der Waals surface area contributed by atoms with Crippen molar-refractivity contribution in [1.82, 2.24) is 5.32 Å². The summed E-state index contributed by atoms with van der Waals surface area (Å²) >= 11 is 0. The molecule has 10 nitrogen and oxygen atoms in total. The maximum absolute atomic E-state index is 9.94. The Kier molecular flexibility index (Phi) is 19.3. The number of methoxy groups -OCH3 is 1. The highest BCUT2D eigenvalue weighted by molar-refractivity contribution is 4.97. The topological polar surface area (TPSA) is 135 Å². The van der Waals surface area contributed by atoms with Gasteiger partial charge >= 0.3 is 0 Å². The zero-order valence-corrected chi connectivity index (χ0v) is 19.8. The normalized spacial score (nSPS) is 13.7.